The van der Waals surface area contributed by atoms with Crippen molar-refractivity contribution in [2.45, 2.75) is 13.8 Å². The molecule has 0 aliphatic rings. The Kier molecular flexibility index (Phi) is 2.33. The third kappa shape index (κ3) is 1.99. The molecule has 1 aromatic rings. The summed E-state index contributed by atoms with van der Waals surface area (Å²) in [6, 6.07) is 3.70. The maximum Gasteiger partial charge on any atom is 0.0879 e. The van der Waals surface area contributed by atoms with Crippen molar-refractivity contribution in [3.05, 3.63) is 29.2 Å². The predicted octanol–water partition coefficient (Wildman–Crippen LogP) is 1.29. The van der Waals surface area contributed by atoms with Crippen molar-refractivity contribution in [2.24, 2.45) is 5.73 Å². The van der Waals surface area contributed by atoms with Gasteiger partial charge in [0.05, 0.1) is 11.4 Å². The topological polar surface area (TPSA) is 64.9 Å². The van der Waals surface area contributed by atoms with Crippen LogP contribution in [-0.2, 0) is 0 Å². The molecule has 3 nitrogen and oxygen atoms in total. The summed E-state index contributed by atoms with van der Waals surface area (Å²) in [6.45, 7) is 3.73. The Morgan fingerprint density at radius 1 is 1.50 bits per heavy atom. The molecule has 1 aromatic heterocycles. The van der Waals surface area contributed by atoms with Crippen LogP contribution in [0.1, 0.15) is 18.3 Å². The second-order valence-electron chi connectivity index (χ2n) is 2.82. The van der Waals surface area contributed by atoms with E-state index >= 15 is 0 Å². The lowest BCUT2D eigenvalue weighted by Gasteiger charge is -2.00. The van der Waals surface area contributed by atoms with Crippen molar-refractivity contribution in [1.82, 2.24) is 4.98 Å². The van der Waals surface area contributed by atoms with Crippen molar-refractivity contribution in [3.8, 4) is 0 Å². The number of anilines is 1. The Bertz CT molecular complexity index is 312. The van der Waals surface area contributed by atoms with Crippen LogP contribution in [0.15, 0.2) is 17.8 Å². The first-order valence-corrected chi connectivity index (χ1v) is 3.76. The molecule has 0 aliphatic heterocycles. The number of pyridine rings is 1. The Morgan fingerprint density at radius 2 is 2.17 bits per heavy atom. The summed E-state index contributed by atoms with van der Waals surface area (Å²) >= 11 is 0. The van der Waals surface area contributed by atoms with Crippen LogP contribution in [0.2, 0.25) is 0 Å². The quantitative estimate of drug-likeness (QED) is 0.655. The van der Waals surface area contributed by atoms with Crippen molar-refractivity contribution in [2.75, 3.05) is 5.73 Å². The van der Waals surface area contributed by atoms with Crippen LogP contribution >= 0.6 is 0 Å². The summed E-state index contributed by atoms with van der Waals surface area (Å²) in [5.41, 5.74) is 14.2. The van der Waals surface area contributed by atoms with Gasteiger partial charge in [-0.15, -0.1) is 0 Å². The van der Waals surface area contributed by atoms with Gasteiger partial charge in [-0.3, -0.25) is 4.98 Å². The number of aromatic nitrogens is 1. The van der Waals surface area contributed by atoms with E-state index < -0.39 is 0 Å². The SMILES string of the molecule is C/C(N)=C/c1nc(C)ccc1N. The molecule has 0 aliphatic carbocycles. The molecule has 64 valence electrons. The van der Waals surface area contributed by atoms with E-state index in [4.69, 9.17) is 11.5 Å². The maximum absolute atomic E-state index is 5.68. The number of allylic oxidation sites excluding steroid dienone is 1. The molecule has 0 unspecified atom stereocenters. The van der Waals surface area contributed by atoms with Gasteiger partial charge < -0.3 is 11.5 Å². The minimum atomic E-state index is 0.658. The molecule has 0 bridgehead atoms. The van der Waals surface area contributed by atoms with Crippen LogP contribution in [0.4, 0.5) is 5.69 Å². The van der Waals surface area contributed by atoms with E-state index in [1.807, 2.05) is 26.0 Å². The summed E-state index contributed by atoms with van der Waals surface area (Å²) in [5, 5.41) is 0. The molecule has 0 saturated carbocycles. The first-order valence-electron chi connectivity index (χ1n) is 3.76. The first-order chi connectivity index (χ1) is 5.59. The Balaban J connectivity index is 3.14. The fourth-order valence-corrected chi connectivity index (χ4v) is 0.919. The zero-order chi connectivity index (χ0) is 9.14. The molecular weight excluding hydrogens is 150 g/mol. The maximum atomic E-state index is 5.68. The van der Waals surface area contributed by atoms with Crippen LogP contribution < -0.4 is 11.5 Å². The molecule has 0 saturated heterocycles. The average Bonchev–Trinajstić information content (AvgIpc) is 1.96. The molecule has 0 spiro atoms. The van der Waals surface area contributed by atoms with Crippen molar-refractivity contribution in [1.29, 1.82) is 0 Å². The summed E-state index contributed by atoms with van der Waals surface area (Å²) in [7, 11) is 0. The summed E-state index contributed by atoms with van der Waals surface area (Å²) in [4.78, 5) is 4.23. The standard InChI is InChI=1S/C9H13N3/c1-6(10)5-9-8(11)4-3-7(2)12-9/h3-5H,10-11H2,1-2H3/b6-5-. The van der Waals surface area contributed by atoms with Crippen LogP contribution in [0.3, 0.4) is 0 Å². The minimum Gasteiger partial charge on any atom is -0.402 e. The summed E-state index contributed by atoms with van der Waals surface area (Å²) in [5.74, 6) is 0. The summed E-state index contributed by atoms with van der Waals surface area (Å²) in [6.07, 6.45) is 1.77. The lowest BCUT2D eigenvalue weighted by Crippen LogP contribution is -1.97. The molecule has 1 rings (SSSR count). The monoisotopic (exact) mass is 163 g/mol. The highest BCUT2D eigenvalue weighted by Gasteiger charge is 1.96. The fourth-order valence-electron chi connectivity index (χ4n) is 0.919. The number of hydrogen-bond donors (Lipinski definition) is 2. The van der Waals surface area contributed by atoms with E-state index in [-0.39, 0.29) is 0 Å². The van der Waals surface area contributed by atoms with Gasteiger partial charge in [0.1, 0.15) is 0 Å². The molecule has 4 N–H and O–H groups in total. The Labute approximate surface area is 72.1 Å². The molecule has 1 heterocycles. The van der Waals surface area contributed by atoms with Gasteiger partial charge >= 0.3 is 0 Å². The van der Waals surface area contributed by atoms with Crippen LogP contribution in [0, 0.1) is 6.92 Å². The van der Waals surface area contributed by atoms with Gasteiger partial charge in [-0.05, 0) is 32.1 Å². The molecule has 0 amide bonds. The number of nitrogen functional groups attached to an aromatic ring is 1. The number of nitrogens with zero attached hydrogens (tertiary/aromatic N) is 1. The summed E-state index contributed by atoms with van der Waals surface area (Å²) < 4.78 is 0. The van der Waals surface area contributed by atoms with E-state index in [2.05, 4.69) is 4.98 Å². The highest BCUT2D eigenvalue weighted by molar-refractivity contribution is 5.61. The molecule has 0 atom stereocenters. The number of nitrogens with two attached hydrogens (primary N) is 2. The predicted molar refractivity (Wildman–Crippen MR) is 51.2 cm³/mol. The van der Waals surface area contributed by atoms with Gasteiger partial charge in [0.2, 0.25) is 0 Å². The number of aryl methyl sites for hydroxylation is 1. The second kappa shape index (κ2) is 3.26. The number of rotatable bonds is 1. The van der Waals surface area contributed by atoms with E-state index in [0.29, 0.717) is 11.4 Å². The highest BCUT2D eigenvalue weighted by atomic mass is 14.7. The van der Waals surface area contributed by atoms with E-state index in [1.54, 1.807) is 6.08 Å². The van der Waals surface area contributed by atoms with E-state index in [1.165, 1.54) is 0 Å². The molecule has 0 aromatic carbocycles. The van der Waals surface area contributed by atoms with E-state index in [0.717, 1.165) is 11.4 Å². The first kappa shape index (κ1) is 8.59. The average molecular weight is 163 g/mol. The largest absolute Gasteiger partial charge is 0.402 e. The molecule has 0 fully saturated rings. The number of hydrogen-bond acceptors (Lipinski definition) is 3. The smallest absolute Gasteiger partial charge is 0.0879 e. The fraction of sp³-hybridized carbons (Fsp3) is 0.222. The van der Waals surface area contributed by atoms with Crippen LogP contribution in [-0.4, -0.2) is 4.98 Å². The second-order valence-corrected chi connectivity index (χ2v) is 2.82. The van der Waals surface area contributed by atoms with Crippen molar-refractivity contribution in [3.63, 3.8) is 0 Å². The third-order valence-corrected chi connectivity index (χ3v) is 1.46. The van der Waals surface area contributed by atoms with Gasteiger partial charge in [-0.25, -0.2) is 0 Å². The van der Waals surface area contributed by atoms with Gasteiger partial charge in [-0.2, -0.15) is 0 Å². The van der Waals surface area contributed by atoms with Gasteiger partial charge in [0.25, 0.3) is 0 Å². The zero-order valence-corrected chi connectivity index (χ0v) is 7.33. The zero-order valence-electron chi connectivity index (χ0n) is 7.33. The highest BCUT2D eigenvalue weighted by Crippen LogP contribution is 2.11. The molecular formula is C9H13N3. The lowest BCUT2D eigenvalue weighted by atomic mass is 10.2. The Morgan fingerprint density at radius 3 is 2.75 bits per heavy atom. The van der Waals surface area contributed by atoms with E-state index in [9.17, 15) is 0 Å². The molecule has 3 heteroatoms. The van der Waals surface area contributed by atoms with Gasteiger partial charge in [0.15, 0.2) is 0 Å². The van der Waals surface area contributed by atoms with Crippen molar-refractivity contribution < 1.29 is 0 Å². The third-order valence-electron chi connectivity index (χ3n) is 1.46. The van der Waals surface area contributed by atoms with Crippen molar-refractivity contribution >= 4 is 11.8 Å². The Hall–Kier alpha value is -1.51. The molecule has 0 radical (unpaired) electrons. The van der Waals surface area contributed by atoms with Gasteiger partial charge in [-0.1, -0.05) is 0 Å². The van der Waals surface area contributed by atoms with Crippen LogP contribution in [0.5, 0.6) is 0 Å². The van der Waals surface area contributed by atoms with Crippen LogP contribution in [0.25, 0.3) is 6.08 Å². The minimum absolute atomic E-state index is 0.658. The molecule has 12 heavy (non-hydrogen) atoms. The lowest BCUT2D eigenvalue weighted by molar-refractivity contribution is 1.18. The normalized spacial score (nSPS) is 11.7. The van der Waals surface area contributed by atoms with Gasteiger partial charge in [0, 0.05) is 11.4 Å².